The maximum absolute atomic E-state index is 12.8. The topological polar surface area (TPSA) is 67.9 Å². The first-order chi connectivity index (χ1) is 15.0. The zero-order chi connectivity index (χ0) is 21.8. The fourth-order valence-corrected chi connectivity index (χ4v) is 4.72. The molecule has 0 spiro atoms. The maximum atomic E-state index is 12.8. The van der Waals surface area contributed by atoms with Crippen molar-refractivity contribution in [1.82, 2.24) is 4.90 Å². The summed E-state index contributed by atoms with van der Waals surface area (Å²) in [6, 6.07) is 13.3. The molecule has 2 heterocycles. The van der Waals surface area contributed by atoms with Crippen molar-refractivity contribution in [1.29, 1.82) is 0 Å². The number of hydrogen-bond donors (Lipinski definition) is 1. The number of nitrogens with one attached hydrogen (secondary N) is 1. The zero-order valence-electron chi connectivity index (χ0n) is 17.1. The summed E-state index contributed by atoms with van der Waals surface area (Å²) < 4.78 is 11.2. The van der Waals surface area contributed by atoms with E-state index in [1.54, 1.807) is 11.0 Å². The summed E-state index contributed by atoms with van der Waals surface area (Å²) in [6.07, 6.45) is 3.50. The number of carbonyl (C=O) groups is 2. The lowest BCUT2D eigenvalue weighted by molar-refractivity contribution is -0.122. The smallest absolute Gasteiger partial charge is 0.266 e. The van der Waals surface area contributed by atoms with Crippen LogP contribution in [0.2, 0.25) is 0 Å². The number of para-hydroxylation sites is 1. The van der Waals surface area contributed by atoms with Crippen molar-refractivity contribution in [2.75, 3.05) is 18.7 Å². The largest absolute Gasteiger partial charge is 0.454 e. The van der Waals surface area contributed by atoms with Crippen LogP contribution in [0.25, 0.3) is 6.08 Å². The van der Waals surface area contributed by atoms with Gasteiger partial charge in [0.15, 0.2) is 11.5 Å². The molecular weight excluding hydrogens is 432 g/mol. The second-order valence-corrected chi connectivity index (χ2v) is 8.78. The molecule has 2 amide bonds. The van der Waals surface area contributed by atoms with E-state index in [9.17, 15) is 9.59 Å². The van der Waals surface area contributed by atoms with E-state index in [4.69, 9.17) is 21.7 Å². The lowest BCUT2D eigenvalue weighted by atomic mass is 10.1. The number of amides is 2. The highest BCUT2D eigenvalue weighted by Crippen LogP contribution is 2.36. The molecule has 2 aromatic rings. The molecule has 1 N–H and O–H groups in total. The highest BCUT2D eigenvalue weighted by atomic mass is 32.2. The van der Waals surface area contributed by atoms with Gasteiger partial charge in [-0.25, -0.2) is 0 Å². The SMILES string of the molecule is CCc1ccccc1NC(=O)CCCN1C(=O)C(=Cc2ccc3c(c2)OCO3)SC1=S. The highest BCUT2D eigenvalue weighted by molar-refractivity contribution is 8.26. The van der Waals surface area contributed by atoms with Gasteiger partial charge in [-0.1, -0.05) is 55.2 Å². The number of rotatable bonds is 7. The van der Waals surface area contributed by atoms with Gasteiger partial charge in [0.2, 0.25) is 12.7 Å². The number of carbonyl (C=O) groups excluding carboxylic acids is 2. The molecule has 0 unspecified atom stereocenters. The van der Waals surface area contributed by atoms with Crippen LogP contribution in [-0.2, 0) is 16.0 Å². The number of anilines is 1. The first kappa shape index (κ1) is 21.4. The number of thioether (sulfide) groups is 1. The molecule has 1 fully saturated rings. The minimum Gasteiger partial charge on any atom is -0.454 e. The molecule has 0 aliphatic carbocycles. The second-order valence-electron chi connectivity index (χ2n) is 7.11. The predicted molar refractivity (Wildman–Crippen MR) is 126 cm³/mol. The molecule has 2 aliphatic rings. The molecule has 160 valence electrons. The zero-order valence-corrected chi connectivity index (χ0v) is 18.7. The molecule has 6 nitrogen and oxygen atoms in total. The third-order valence-electron chi connectivity index (χ3n) is 5.03. The number of thiocarbonyl (C=S) groups is 1. The normalized spacial score (nSPS) is 16.3. The quantitative estimate of drug-likeness (QED) is 0.487. The molecule has 0 radical (unpaired) electrons. The summed E-state index contributed by atoms with van der Waals surface area (Å²) in [4.78, 5) is 27.2. The molecule has 0 bridgehead atoms. The lowest BCUT2D eigenvalue weighted by Crippen LogP contribution is -2.29. The van der Waals surface area contributed by atoms with E-state index >= 15 is 0 Å². The Morgan fingerprint density at radius 2 is 2.03 bits per heavy atom. The Bertz CT molecular complexity index is 1070. The summed E-state index contributed by atoms with van der Waals surface area (Å²) in [6.45, 7) is 2.67. The number of hydrogen-bond acceptors (Lipinski definition) is 6. The van der Waals surface area contributed by atoms with Crippen molar-refractivity contribution in [3.8, 4) is 11.5 Å². The van der Waals surface area contributed by atoms with E-state index in [-0.39, 0.29) is 18.6 Å². The maximum Gasteiger partial charge on any atom is 0.266 e. The molecule has 2 aromatic carbocycles. The molecule has 31 heavy (non-hydrogen) atoms. The average molecular weight is 455 g/mol. The summed E-state index contributed by atoms with van der Waals surface area (Å²) in [5.41, 5.74) is 2.78. The first-order valence-corrected chi connectivity index (χ1v) is 11.3. The minimum atomic E-state index is -0.135. The van der Waals surface area contributed by atoms with Crippen LogP contribution in [0, 0.1) is 0 Å². The van der Waals surface area contributed by atoms with Crippen LogP contribution < -0.4 is 14.8 Å². The molecule has 0 aromatic heterocycles. The van der Waals surface area contributed by atoms with Gasteiger partial charge in [0.05, 0.1) is 4.91 Å². The Balaban J connectivity index is 1.32. The van der Waals surface area contributed by atoms with Gasteiger partial charge in [0.25, 0.3) is 5.91 Å². The lowest BCUT2D eigenvalue weighted by Gasteiger charge is -2.14. The Labute approximate surface area is 190 Å². The van der Waals surface area contributed by atoms with Gasteiger partial charge in [-0.05, 0) is 48.2 Å². The first-order valence-electron chi connectivity index (χ1n) is 10.1. The van der Waals surface area contributed by atoms with Crippen molar-refractivity contribution in [2.45, 2.75) is 26.2 Å². The minimum absolute atomic E-state index is 0.0674. The second kappa shape index (κ2) is 9.53. The van der Waals surface area contributed by atoms with Crippen LogP contribution in [0.4, 0.5) is 5.69 Å². The number of nitrogens with zero attached hydrogens (tertiary/aromatic N) is 1. The van der Waals surface area contributed by atoms with Crippen molar-refractivity contribution >= 4 is 51.9 Å². The van der Waals surface area contributed by atoms with Gasteiger partial charge >= 0.3 is 0 Å². The van der Waals surface area contributed by atoms with Crippen LogP contribution in [-0.4, -0.2) is 34.4 Å². The van der Waals surface area contributed by atoms with E-state index in [0.717, 1.165) is 23.2 Å². The standard InChI is InChI=1S/C23H22N2O4S2/c1-2-16-6-3-4-7-17(16)24-21(26)8-5-11-25-22(27)20(31-23(25)30)13-15-9-10-18-19(12-15)29-14-28-18/h3-4,6-7,9-10,12-13H,2,5,8,11,14H2,1H3,(H,24,26). The molecular formula is C23H22N2O4S2. The Morgan fingerprint density at radius 3 is 2.87 bits per heavy atom. The van der Waals surface area contributed by atoms with Crippen molar-refractivity contribution in [3.05, 3.63) is 58.5 Å². The molecule has 2 aliphatic heterocycles. The Kier molecular flexibility index (Phi) is 6.58. The Morgan fingerprint density at radius 1 is 1.23 bits per heavy atom. The van der Waals surface area contributed by atoms with Gasteiger partial charge < -0.3 is 14.8 Å². The van der Waals surface area contributed by atoms with E-state index in [0.29, 0.717) is 40.1 Å². The summed E-state index contributed by atoms with van der Waals surface area (Å²) in [7, 11) is 0. The van der Waals surface area contributed by atoms with Gasteiger partial charge in [0.1, 0.15) is 4.32 Å². The van der Waals surface area contributed by atoms with E-state index < -0.39 is 0 Å². The Hall–Kier alpha value is -2.84. The molecule has 1 saturated heterocycles. The van der Waals surface area contributed by atoms with Gasteiger partial charge in [-0.2, -0.15) is 0 Å². The molecule has 0 atom stereocenters. The summed E-state index contributed by atoms with van der Waals surface area (Å²) >= 11 is 6.66. The van der Waals surface area contributed by atoms with Crippen molar-refractivity contribution in [2.24, 2.45) is 0 Å². The highest BCUT2D eigenvalue weighted by Gasteiger charge is 2.31. The van der Waals surface area contributed by atoms with Crippen molar-refractivity contribution < 1.29 is 19.1 Å². The molecule has 8 heteroatoms. The molecule has 4 rings (SSSR count). The number of aryl methyl sites for hydroxylation is 1. The third-order valence-corrected chi connectivity index (χ3v) is 6.40. The van der Waals surface area contributed by atoms with Crippen LogP contribution in [0.1, 0.15) is 30.9 Å². The van der Waals surface area contributed by atoms with Crippen LogP contribution >= 0.6 is 24.0 Å². The third kappa shape index (κ3) is 4.91. The fourth-order valence-electron chi connectivity index (χ4n) is 3.41. The number of fused-ring (bicyclic) bond motifs is 1. The average Bonchev–Trinajstić information content (AvgIpc) is 3.33. The van der Waals surface area contributed by atoms with Crippen LogP contribution in [0.5, 0.6) is 11.5 Å². The number of benzene rings is 2. The monoisotopic (exact) mass is 454 g/mol. The number of ether oxygens (including phenoxy) is 2. The van der Waals surface area contributed by atoms with E-state index in [2.05, 4.69) is 12.2 Å². The summed E-state index contributed by atoms with van der Waals surface area (Å²) in [5, 5.41) is 2.96. The van der Waals surface area contributed by atoms with Gasteiger partial charge in [0, 0.05) is 18.7 Å². The predicted octanol–water partition coefficient (Wildman–Crippen LogP) is 4.60. The fraction of sp³-hybridized carbons (Fsp3) is 0.261. The summed E-state index contributed by atoms with van der Waals surface area (Å²) in [5.74, 6) is 1.16. The van der Waals surface area contributed by atoms with E-state index in [1.165, 1.54) is 11.8 Å². The van der Waals surface area contributed by atoms with Gasteiger partial charge in [-0.15, -0.1) is 0 Å². The van der Waals surface area contributed by atoms with Crippen molar-refractivity contribution in [3.63, 3.8) is 0 Å². The van der Waals surface area contributed by atoms with E-state index in [1.807, 2.05) is 42.5 Å². The van der Waals surface area contributed by atoms with Crippen LogP contribution in [0.15, 0.2) is 47.4 Å². The molecule has 0 saturated carbocycles. The van der Waals surface area contributed by atoms with Crippen LogP contribution in [0.3, 0.4) is 0 Å². The van der Waals surface area contributed by atoms with Gasteiger partial charge in [-0.3, -0.25) is 14.5 Å².